The SMILES string of the molecule is CN1CC(=O)N(CN2CCN(S(=O)(=O)c3ccc(F)c(F)c3F)CC2)C1=O. The molecule has 3 rings (SSSR count). The maximum atomic E-state index is 13.9. The van der Waals surface area contributed by atoms with Gasteiger partial charge in [-0.25, -0.2) is 31.3 Å². The average molecular weight is 406 g/mol. The number of nitrogens with zero attached hydrogens (tertiary/aromatic N) is 4. The molecular formula is C15H17F3N4O4S. The van der Waals surface area contributed by atoms with E-state index in [0.717, 1.165) is 9.21 Å². The summed E-state index contributed by atoms with van der Waals surface area (Å²) in [5, 5.41) is 0. The summed E-state index contributed by atoms with van der Waals surface area (Å²) in [4.78, 5) is 26.8. The van der Waals surface area contributed by atoms with Crippen molar-refractivity contribution in [2.75, 3.05) is 46.4 Å². The number of urea groups is 1. The minimum Gasteiger partial charge on any atom is -0.318 e. The first-order valence-corrected chi connectivity index (χ1v) is 9.48. The van der Waals surface area contributed by atoms with Crippen molar-refractivity contribution >= 4 is 22.0 Å². The minimum absolute atomic E-state index is 0.0113. The van der Waals surface area contributed by atoms with E-state index < -0.39 is 38.4 Å². The number of hydrogen-bond acceptors (Lipinski definition) is 5. The van der Waals surface area contributed by atoms with E-state index in [4.69, 9.17) is 0 Å². The van der Waals surface area contributed by atoms with E-state index in [9.17, 15) is 31.2 Å². The average Bonchev–Trinajstić information content (AvgIpc) is 2.86. The van der Waals surface area contributed by atoms with Crippen LogP contribution in [0.25, 0.3) is 0 Å². The molecule has 2 aliphatic rings. The fourth-order valence-corrected chi connectivity index (χ4v) is 4.44. The van der Waals surface area contributed by atoms with Crippen LogP contribution in [0, 0.1) is 17.5 Å². The highest BCUT2D eigenvalue weighted by atomic mass is 32.2. The molecule has 0 bridgehead atoms. The topological polar surface area (TPSA) is 81.2 Å². The summed E-state index contributed by atoms with van der Waals surface area (Å²) >= 11 is 0. The van der Waals surface area contributed by atoms with Crippen LogP contribution in [0.1, 0.15) is 0 Å². The molecule has 0 aromatic heterocycles. The van der Waals surface area contributed by atoms with Crippen LogP contribution in [-0.4, -0.2) is 85.8 Å². The third-order valence-corrected chi connectivity index (χ3v) is 6.44. The predicted octanol–water partition coefficient (Wildman–Crippen LogP) is 0.262. The first-order valence-electron chi connectivity index (χ1n) is 8.04. The lowest BCUT2D eigenvalue weighted by Crippen LogP contribution is -2.52. The molecule has 0 radical (unpaired) electrons. The van der Waals surface area contributed by atoms with Crippen molar-refractivity contribution in [3.8, 4) is 0 Å². The highest BCUT2D eigenvalue weighted by molar-refractivity contribution is 7.89. The van der Waals surface area contributed by atoms with Crippen molar-refractivity contribution < 1.29 is 31.2 Å². The number of halogens is 3. The summed E-state index contributed by atoms with van der Waals surface area (Å²) in [6, 6.07) is 0.814. The van der Waals surface area contributed by atoms with Crippen LogP contribution in [0.2, 0.25) is 0 Å². The van der Waals surface area contributed by atoms with Gasteiger partial charge in [0, 0.05) is 33.2 Å². The monoisotopic (exact) mass is 406 g/mol. The zero-order valence-corrected chi connectivity index (χ0v) is 15.2. The van der Waals surface area contributed by atoms with Gasteiger partial charge in [-0.15, -0.1) is 0 Å². The Balaban J connectivity index is 1.68. The van der Waals surface area contributed by atoms with Gasteiger partial charge < -0.3 is 4.90 Å². The van der Waals surface area contributed by atoms with E-state index in [1.54, 1.807) is 4.90 Å². The standard InChI is InChI=1S/C15H17F3N4O4S/c1-19-8-12(23)22(15(19)24)9-20-4-6-21(7-5-20)27(25,26)11-3-2-10(16)13(17)14(11)18/h2-3H,4-9H2,1H3. The number of imide groups is 1. The Bertz CT molecular complexity index is 887. The largest absolute Gasteiger partial charge is 0.328 e. The molecule has 0 saturated carbocycles. The molecule has 2 fully saturated rings. The van der Waals surface area contributed by atoms with E-state index in [1.165, 1.54) is 11.9 Å². The summed E-state index contributed by atoms with van der Waals surface area (Å²) in [5.74, 6) is -5.42. The highest BCUT2D eigenvalue weighted by Crippen LogP contribution is 2.24. The van der Waals surface area contributed by atoms with Gasteiger partial charge in [0.1, 0.15) is 11.4 Å². The smallest absolute Gasteiger partial charge is 0.318 e. The van der Waals surface area contributed by atoms with Crippen LogP contribution >= 0.6 is 0 Å². The molecule has 0 unspecified atom stereocenters. The van der Waals surface area contributed by atoms with Gasteiger partial charge in [-0.1, -0.05) is 0 Å². The Kier molecular flexibility index (Phi) is 5.14. The molecule has 0 spiro atoms. The number of carbonyl (C=O) groups excluding carboxylic acids is 2. The zero-order chi connectivity index (χ0) is 19.9. The lowest BCUT2D eigenvalue weighted by Gasteiger charge is -2.35. The summed E-state index contributed by atoms with van der Waals surface area (Å²) in [6.45, 7) is 0.286. The third-order valence-electron chi connectivity index (χ3n) is 4.52. The molecule has 1 aromatic carbocycles. The molecule has 12 heteroatoms. The molecule has 3 amide bonds. The van der Waals surface area contributed by atoms with Gasteiger partial charge in [-0.3, -0.25) is 9.69 Å². The summed E-state index contributed by atoms with van der Waals surface area (Å²) < 4.78 is 66.3. The van der Waals surface area contributed by atoms with Crippen LogP contribution in [0.3, 0.4) is 0 Å². The van der Waals surface area contributed by atoms with Crippen LogP contribution < -0.4 is 0 Å². The van der Waals surface area contributed by atoms with Gasteiger partial charge in [-0.05, 0) is 12.1 Å². The summed E-state index contributed by atoms with van der Waals surface area (Å²) in [6.07, 6.45) is 0. The number of amides is 3. The molecule has 2 aliphatic heterocycles. The van der Waals surface area contributed by atoms with Crippen molar-refractivity contribution in [1.82, 2.24) is 19.0 Å². The molecule has 1 aromatic rings. The molecule has 2 heterocycles. The van der Waals surface area contributed by atoms with Gasteiger partial charge in [0.25, 0.3) is 5.91 Å². The minimum atomic E-state index is -4.34. The number of carbonyl (C=O) groups is 2. The fourth-order valence-electron chi connectivity index (χ4n) is 2.97. The normalized spacial score (nSPS) is 20.0. The number of sulfonamides is 1. The van der Waals surface area contributed by atoms with Gasteiger partial charge in [0.2, 0.25) is 10.0 Å². The highest BCUT2D eigenvalue weighted by Gasteiger charge is 2.37. The van der Waals surface area contributed by atoms with Gasteiger partial charge in [0.15, 0.2) is 17.5 Å². The quantitative estimate of drug-likeness (QED) is 0.529. The van der Waals surface area contributed by atoms with Crippen molar-refractivity contribution in [3.63, 3.8) is 0 Å². The van der Waals surface area contributed by atoms with Crippen LogP contribution in [-0.2, 0) is 14.8 Å². The lowest BCUT2D eigenvalue weighted by molar-refractivity contribution is -0.126. The van der Waals surface area contributed by atoms with Gasteiger partial charge >= 0.3 is 6.03 Å². The summed E-state index contributed by atoms with van der Waals surface area (Å²) in [7, 11) is -2.84. The molecular weight excluding hydrogens is 389 g/mol. The van der Waals surface area contributed by atoms with Crippen LogP contribution in [0.15, 0.2) is 17.0 Å². The Morgan fingerprint density at radius 1 is 1.00 bits per heavy atom. The van der Waals surface area contributed by atoms with Gasteiger partial charge in [-0.2, -0.15) is 4.31 Å². The summed E-state index contributed by atoms with van der Waals surface area (Å²) in [5.41, 5.74) is 0. The fraction of sp³-hybridized carbons (Fsp3) is 0.467. The van der Waals surface area contributed by atoms with Crippen molar-refractivity contribution in [3.05, 3.63) is 29.6 Å². The number of hydrogen-bond donors (Lipinski definition) is 0. The zero-order valence-electron chi connectivity index (χ0n) is 14.4. The Hall–Kier alpha value is -2.18. The predicted molar refractivity (Wildman–Crippen MR) is 86.4 cm³/mol. The van der Waals surface area contributed by atoms with Crippen molar-refractivity contribution in [1.29, 1.82) is 0 Å². The molecule has 0 atom stereocenters. The lowest BCUT2D eigenvalue weighted by atomic mass is 10.3. The molecule has 27 heavy (non-hydrogen) atoms. The van der Waals surface area contributed by atoms with E-state index in [-0.39, 0.29) is 45.3 Å². The Labute approximate surface area is 153 Å². The van der Waals surface area contributed by atoms with Gasteiger partial charge in [0.05, 0.1) is 6.67 Å². The molecule has 8 nitrogen and oxygen atoms in total. The maximum Gasteiger partial charge on any atom is 0.328 e. The number of rotatable bonds is 4. The first-order chi connectivity index (χ1) is 12.6. The number of benzene rings is 1. The maximum absolute atomic E-state index is 13.9. The van der Waals surface area contributed by atoms with E-state index in [1.807, 2.05) is 0 Å². The number of likely N-dealkylation sites (N-methyl/N-ethyl adjacent to an activating group) is 1. The second-order valence-electron chi connectivity index (χ2n) is 6.30. The number of piperazine rings is 1. The Morgan fingerprint density at radius 3 is 2.19 bits per heavy atom. The van der Waals surface area contributed by atoms with E-state index in [2.05, 4.69) is 0 Å². The Morgan fingerprint density at radius 2 is 1.63 bits per heavy atom. The molecule has 0 aliphatic carbocycles. The molecule has 2 saturated heterocycles. The van der Waals surface area contributed by atoms with Crippen molar-refractivity contribution in [2.24, 2.45) is 0 Å². The molecule has 0 N–H and O–H groups in total. The third kappa shape index (κ3) is 3.51. The second kappa shape index (κ2) is 7.09. The van der Waals surface area contributed by atoms with Crippen LogP contribution in [0.5, 0.6) is 0 Å². The van der Waals surface area contributed by atoms with Crippen LogP contribution in [0.4, 0.5) is 18.0 Å². The van der Waals surface area contributed by atoms with Crippen molar-refractivity contribution in [2.45, 2.75) is 4.90 Å². The second-order valence-corrected chi connectivity index (χ2v) is 8.20. The molecule has 148 valence electrons. The van der Waals surface area contributed by atoms with E-state index >= 15 is 0 Å². The first kappa shape index (κ1) is 19.6. The van der Waals surface area contributed by atoms with E-state index in [0.29, 0.717) is 12.1 Å².